The molecule has 0 aliphatic carbocycles. The summed E-state index contributed by atoms with van der Waals surface area (Å²) in [4.78, 5) is 5.17. The third-order valence-electron chi connectivity index (χ3n) is 7.48. The SMILES string of the molecule is Cc1c(C)[n+](C(C)C)c([Si](Cl)(Cl)[N-]c2c(C(C)C)cccc2C(C)C)n1C(C)C.Cc1ccccc1.Cc1ccccc1. The van der Waals surface area contributed by atoms with Crippen LogP contribution in [0.2, 0.25) is 0 Å². The summed E-state index contributed by atoms with van der Waals surface area (Å²) >= 11 is 14.5. The largest absolute Gasteiger partial charge is 0.652 e. The molecule has 0 atom stereocenters. The molecule has 0 N–H and O–H groups in total. The van der Waals surface area contributed by atoms with E-state index in [2.05, 4.69) is 135 Å². The summed E-state index contributed by atoms with van der Waals surface area (Å²) in [6.45, 7) is 22.8. The predicted molar refractivity (Wildman–Crippen MR) is 192 cm³/mol. The molecule has 0 saturated heterocycles. The van der Waals surface area contributed by atoms with Crippen LogP contribution >= 0.6 is 22.2 Å². The van der Waals surface area contributed by atoms with Crippen molar-refractivity contribution >= 4 is 40.1 Å². The Kier molecular flexibility index (Phi) is 14.1. The second-order valence-corrected chi connectivity index (χ2v) is 18.1. The first-order valence-corrected chi connectivity index (χ1v) is 19.5. The number of nitrogens with zero attached hydrogens (tertiary/aromatic N) is 3. The van der Waals surface area contributed by atoms with Crippen LogP contribution in [-0.4, -0.2) is 11.4 Å². The zero-order valence-electron chi connectivity index (χ0n) is 28.4. The number of benzene rings is 3. The van der Waals surface area contributed by atoms with E-state index in [9.17, 15) is 0 Å². The summed E-state index contributed by atoms with van der Waals surface area (Å²) in [5, 5.41) is 0. The van der Waals surface area contributed by atoms with Gasteiger partial charge in [-0.15, -0.1) is 5.69 Å². The van der Waals surface area contributed by atoms with Crippen LogP contribution in [0.5, 0.6) is 0 Å². The Labute approximate surface area is 272 Å². The monoisotopic (exact) mass is 637 g/mol. The van der Waals surface area contributed by atoms with Gasteiger partial charge < -0.3 is 4.98 Å². The molecule has 0 radical (unpaired) electrons. The standard InChI is InChI=1S/C23H37Cl2N3Si.2C7H8/c1-14(2)20-12-11-13-21(15(3)4)22(20)26-29(24,25)23-27(16(5)6)18(9)19(10)28(23)17(7)8;2*1-7-5-3-2-4-6-7/h11-17H,1-10H3;2*2-6H,1H3. The van der Waals surface area contributed by atoms with Crippen molar-refractivity contribution in [1.82, 2.24) is 4.57 Å². The van der Waals surface area contributed by atoms with Gasteiger partial charge in [-0.25, -0.2) is 9.13 Å². The Morgan fingerprint density at radius 3 is 1.35 bits per heavy atom. The highest BCUT2D eigenvalue weighted by atomic mass is 35.7. The number of rotatable bonds is 7. The molecule has 1 heterocycles. The van der Waals surface area contributed by atoms with Crippen LogP contribution in [0.3, 0.4) is 0 Å². The smallest absolute Gasteiger partial charge is 0.299 e. The lowest BCUT2D eigenvalue weighted by Gasteiger charge is -2.37. The second kappa shape index (κ2) is 16.5. The summed E-state index contributed by atoms with van der Waals surface area (Å²) < 4.78 is 4.58. The van der Waals surface area contributed by atoms with Gasteiger partial charge in [-0.3, -0.25) is 0 Å². The first-order valence-electron chi connectivity index (χ1n) is 15.5. The van der Waals surface area contributed by atoms with Crippen LogP contribution < -0.4 is 10.0 Å². The van der Waals surface area contributed by atoms with Crippen molar-refractivity contribution < 1.29 is 4.57 Å². The number of halogens is 2. The number of aryl methyl sites for hydroxylation is 2. The van der Waals surface area contributed by atoms with E-state index in [1.165, 1.54) is 33.6 Å². The Bertz CT molecular complexity index is 1310. The van der Waals surface area contributed by atoms with E-state index in [0.717, 1.165) is 11.1 Å². The lowest BCUT2D eigenvalue weighted by Crippen LogP contribution is -2.63. The summed E-state index contributed by atoms with van der Waals surface area (Å²) in [7, 11) is 0. The van der Waals surface area contributed by atoms with Crippen LogP contribution in [0.1, 0.15) is 113 Å². The molecule has 6 heteroatoms. The van der Waals surface area contributed by atoms with Crippen molar-refractivity contribution in [3.63, 3.8) is 0 Å². The van der Waals surface area contributed by atoms with E-state index in [-0.39, 0.29) is 12.1 Å². The normalized spacial score (nSPS) is 11.4. The third kappa shape index (κ3) is 9.99. The average molecular weight is 639 g/mol. The summed E-state index contributed by atoms with van der Waals surface area (Å²) in [5.41, 5.74) is 9.43. The molecule has 0 unspecified atom stereocenters. The molecule has 0 bridgehead atoms. The minimum absolute atomic E-state index is 0.258. The molecule has 0 aliphatic rings. The van der Waals surface area contributed by atoms with E-state index < -0.39 is 6.86 Å². The zero-order valence-corrected chi connectivity index (χ0v) is 30.9. The summed E-state index contributed by atoms with van der Waals surface area (Å²) in [6, 6.07) is 27.5. The van der Waals surface area contributed by atoms with Crippen molar-refractivity contribution in [2.45, 2.75) is 107 Å². The van der Waals surface area contributed by atoms with Gasteiger partial charge in [0.1, 0.15) is 11.4 Å². The van der Waals surface area contributed by atoms with Crippen LogP contribution in [0.15, 0.2) is 78.9 Å². The van der Waals surface area contributed by atoms with Gasteiger partial charge in [0.05, 0.1) is 12.1 Å². The molecule has 3 aromatic carbocycles. The quantitative estimate of drug-likeness (QED) is 0.109. The van der Waals surface area contributed by atoms with Crippen LogP contribution in [0, 0.1) is 27.7 Å². The van der Waals surface area contributed by atoms with E-state index in [0.29, 0.717) is 11.8 Å². The Balaban J connectivity index is 0.000000371. The van der Waals surface area contributed by atoms with Gasteiger partial charge in [0.25, 0.3) is 6.86 Å². The second-order valence-electron chi connectivity index (χ2n) is 12.5. The van der Waals surface area contributed by atoms with Crippen molar-refractivity contribution in [1.29, 1.82) is 0 Å². The Morgan fingerprint density at radius 2 is 1.05 bits per heavy atom. The summed E-state index contributed by atoms with van der Waals surface area (Å²) in [5.74, 6) is 0.700. The maximum Gasteiger partial charge on any atom is 0.299 e. The van der Waals surface area contributed by atoms with Crippen LogP contribution in [0.4, 0.5) is 5.69 Å². The van der Waals surface area contributed by atoms with Gasteiger partial charge in [-0.2, -0.15) is 22.2 Å². The first-order chi connectivity index (χ1) is 20.1. The molecule has 234 valence electrons. The molecule has 43 heavy (non-hydrogen) atoms. The fourth-order valence-electron chi connectivity index (χ4n) is 5.24. The van der Waals surface area contributed by atoms with Gasteiger partial charge in [-0.05, 0) is 53.4 Å². The number of hydrogen-bond acceptors (Lipinski definition) is 0. The van der Waals surface area contributed by atoms with Crippen LogP contribution in [-0.2, 0) is 0 Å². The molecular weight excluding hydrogens is 585 g/mol. The molecule has 3 nitrogen and oxygen atoms in total. The predicted octanol–water partition coefficient (Wildman–Crippen LogP) is 11.1. The van der Waals surface area contributed by atoms with Crippen molar-refractivity contribution in [2.75, 3.05) is 0 Å². The molecule has 1 aromatic heterocycles. The lowest BCUT2D eigenvalue weighted by atomic mass is 9.93. The van der Waals surface area contributed by atoms with Crippen LogP contribution in [0.25, 0.3) is 4.98 Å². The minimum atomic E-state index is -3.20. The first kappa shape index (κ1) is 36.7. The number of imidazole rings is 1. The molecule has 0 aliphatic heterocycles. The van der Waals surface area contributed by atoms with Crippen molar-refractivity contribution in [3.05, 3.63) is 117 Å². The van der Waals surface area contributed by atoms with Crippen molar-refractivity contribution in [3.8, 4) is 0 Å². The topological polar surface area (TPSA) is 22.9 Å². The molecule has 0 fully saturated rings. The Morgan fingerprint density at radius 1 is 0.628 bits per heavy atom. The van der Waals surface area contributed by atoms with E-state index >= 15 is 0 Å². The zero-order chi connectivity index (χ0) is 32.5. The maximum absolute atomic E-state index is 7.23. The number of hydrogen-bond donors (Lipinski definition) is 0. The Hall–Kier alpha value is -2.53. The van der Waals surface area contributed by atoms with Gasteiger partial charge in [-0.1, -0.05) is 129 Å². The fourth-order valence-corrected chi connectivity index (χ4v) is 8.91. The third-order valence-corrected chi connectivity index (χ3v) is 10.5. The van der Waals surface area contributed by atoms with Crippen molar-refractivity contribution in [2.24, 2.45) is 0 Å². The summed E-state index contributed by atoms with van der Waals surface area (Å²) in [6.07, 6.45) is 0. The maximum atomic E-state index is 7.23. The lowest BCUT2D eigenvalue weighted by molar-refractivity contribution is -0.704. The molecule has 0 saturated carbocycles. The molecule has 0 spiro atoms. The molecule has 0 amide bonds. The van der Waals surface area contributed by atoms with E-state index in [4.69, 9.17) is 27.1 Å². The van der Waals surface area contributed by atoms with E-state index in [1.807, 2.05) is 36.4 Å². The molecular formula is C37H53Cl2N3Si. The van der Waals surface area contributed by atoms with E-state index in [1.54, 1.807) is 0 Å². The highest BCUT2D eigenvalue weighted by Crippen LogP contribution is 2.42. The minimum Gasteiger partial charge on any atom is -0.652 e. The molecule has 4 rings (SSSR count). The fraction of sp³-hybridized carbons (Fsp3) is 0.432. The molecule has 4 aromatic rings. The van der Waals surface area contributed by atoms with Gasteiger partial charge in [0.15, 0.2) is 0 Å². The number of aromatic nitrogens is 2. The average Bonchev–Trinajstić information content (AvgIpc) is 3.21. The van der Waals surface area contributed by atoms with Gasteiger partial charge >= 0.3 is 0 Å². The van der Waals surface area contributed by atoms with Gasteiger partial charge in [0.2, 0.25) is 5.45 Å². The highest BCUT2D eigenvalue weighted by molar-refractivity contribution is 7.52. The highest BCUT2D eigenvalue weighted by Gasteiger charge is 2.41. The van der Waals surface area contributed by atoms with Gasteiger partial charge in [0, 0.05) is 13.8 Å².